The van der Waals surface area contributed by atoms with Gasteiger partial charge in [-0.2, -0.15) is 11.8 Å². The van der Waals surface area contributed by atoms with Crippen LogP contribution in [0.3, 0.4) is 0 Å². The second kappa shape index (κ2) is 6.73. The molecule has 1 saturated heterocycles. The first-order valence-corrected chi connectivity index (χ1v) is 9.21. The molecule has 1 fully saturated rings. The molecule has 0 saturated carbocycles. The van der Waals surface area contributed by atoms with Gasteiger partial charge in [0.25, 0.3) is 0 Å². The maximum atomic E-state index is 12.2. The van der Waals surface area contributed by atoms with E-state index in [1.165, 1.54) is 0 Å². The molecular formula is C17H23N3OS. The normalized spacial score (nSPS) is 17.8. The summed E-state index contributed by atoms with van der Waals surface area (Å²) < 4.78 is 0. The summed E-state index contributed by atoms with van der Waals surface area (Å²) in [5.74, 6) is 1.81. The molecule has 1 aliphatic heterocycles. The van der Waals surface area contributed by atoms with E-state index in [1.54, 1.807) is 11.8 Å². The summed E-state index contributed by atoms with van der Waals surface area (Å²) in [5, 5.41) is 0.403. The van der Waals surface area contributed by atoms with Crippen LogP contribution in [0.4, 0.5) is 0 Å². The van der Waals surface area contributed by atoms with Crippen LogP contribution in [0, 0.1) is 0 Å². The van der Waals surface area contributed by atoms with E-state index >= 15 is 0 Å². The fourth-order valence-corrected chi connectivity index (χ4v) is 3.34. The van der Waals surface area contributed by atoms with Gasteiger partial charge in [-0.15, -0.1) is 0 Å². The SMILES string of the molecule is CSC(C)CC(=O)N1CCC(c2nc3ccccc3[nH]2)CC1. The standard InChI is InChI=1S/C17H23N3OS/c1-12(22-2)11-16(21)20-9-7-13(8-10-20)17-18-14-5-3-4-6-15(14)19-17/h3-6,12-13H,7-11H2,1-2H3,(H,18,19). The number of hydrogen-bond donors (Lipinski definition) is 1. The number of nitrogens with zero attached hydrogens (tertiary/aromatic N) is 2. The summed E-state index contributed by atoms with van der Waals surface area (Å²) in [7, 11) is 0. The van der Waals surface area contributed by atoms with Crippen molar-refractivity contribution in [1.29, 1.82) is 0 Å². The van der Waals surface area contributed by atoms with E-state index in [2.05, 4.69) is 24.2 Å². The Balaban J connectivity index is 1.60. The highest BCUT2D eigenvalue weighted by Crippen LogP contribution is 2.28. The number of aromatic amines is 1. The van der Waals surface area contributed by atoms with E-state index in [4.69, 9.17) is 4.98 Å². The first-order valence-electron chi connectivity index (χ1n) is 7.92. The summed E-state index contributed by atoms with van der Waals surface area (Å²) >= 11 is 1.75. The molecule has 1 aliphatic rings. The number of H-pyrrole nitrogens is 1. The van der Waals surface area contributed by atoms with E-state index in [1.807, 2.05) is 23.1 Å². The molecule has 4 nitrogen and oxygen atoms in total. The molecule has 1 unspecified atom stereocenters. The zero-order valence-corrected chi connectivity index (χ0v) is 14.0. The number of rotatable bonds is 4. The van der Waals surface area contributed by atoms with E-state index in [0.717, 1.165) is 42.8 Å². The van der Waals surface area contributed by atoms with Gasteiger partial charge in [0, 0.05) is 30.7 Å². The molecule has 0 radical (unpaired) electrons. The maximum Gasteiger partial charge on any atom is 0.223 e. The van der Waals surface area contributed by atoms with Crippen LogP contribution in [0.25, 0.3) is 11.0 Å². The first kappa shape index (κ1) is 15.4. The van der Waals surface area contributed by atoms with Gasteiger partial charge >= 0.3 is 0 Å². The molecule has 5 heteroatoms. The average molecular weight is 317 g/mol. The van der Waals surface area contributed by atoms with Gasteiger partial charge in [-0.05, 0) is 31.2 Å². The summed E-state index contributed by atoms with van der Waals surface area (Å²) in [6.45, 7) is 3.81. The van der Waals surface area contributed by atoms with Crippen molar-refractivity contribution >= 4 is 28.7 Å². The molecule has 1 amide bonds. The predicted octanol–water partition coefficient (Wildman–Crippen LogP) is 3.41. The number of carbonyl (C=O) groups excluding carboxylic acids is 1. The molecule has 0 bridgehead atoms. The third kappa shape index (κ3) is 3.29. The molecule has 1 aromatic carbocycles. The molecule has 2 heterocycles. The lowest BCUT2D eigenvalue weighted by molar-refractivity contribution is -0.132. The van der Waals surface area contributed by atoms with Gasteiger partial charge in [0.1, 0.15) is 5.82 Å². The minimum Gasteiger partial charge on any atom is -0.343 e. The van der Waals surface area contributed by atoms with Crippen LogP contribution in [0.2, 0.25) is 0 Å². The van der Waals surface area contributed by atoms with Crippen molar-refractivity contribution in [2.45, 2.75) is 37.4 Å². The Hall–Kier alpha value is -1.49. The highest BCUT2D eigenvalue weighted by atomic mass is 32.2. The third-order valence-electron chi connectivity index (χ3n) is 4.51. The smallest absolute Gasteiger partial charge is 0.223 e. The number of carbonyl (C=O) groups is 1. The topological polar surface area (TPSA) is 49.0 Å². The molecule has 118 valence electrons. The lowest BCUT2D eigenvalue weighted by Crippen LogP contribution is -2.38. The number of benzene rings is 1. The fraction of sp³-hybridized carbons (Fsp3) is 0.529. The van der Waals surface area contributed by atoms with Crippen LogP contribution in [0.15, 0.2) is 24.3 Å². The molecule has 1 aromatic heterocycles. The van der Waals surface area contributed by atoms with Gasteiger partial charge < -0.3 is 9.88 Å². The molecule has 0 aliphatic carbocycles. The largest absolute Gasteiger partial charge is 0.343 e. The molecule has 22 heavy (non-hydrogen) atoms. The Morgan fingerprint density at radius 3 is 2.82 bits per heavy atom. The Bertz CT molecular complexity index is 613. The Morgan fingerprint density at radius 2 is 2.14 bits per heavy atom. The highest BCUT2D eigenvalue weighted by molar-refractivity contribution is 7.99. The van der Waals surface area contributed by atoms with E-state index in [-0.39, 0.29) is 0 Å². The number of para-hydroxylation sites is 2. The Morgan fingerprint density at radius 1 is 1.41 bits per heavy atom. The van der Waals surface area contributed by atoms with Gasteiger partial charge in [0.15, 0.2) is 0 Å². The zero-order valence-electron chi connectivity index (χ0n) is 13.2. The number of thioether (sulfide) groups is 1. The molecule has 3 rings (SSSR count). The van der Waals surface area contributed by atoms with Crippen LogP contribution >= 0.6 is 11.8 Å². The summed E-state index contributed by atoms with van der Waals surface area (Å²) in [6, 6.07) is 8.14. The van der Waals surface area contributed by atoms with Crippen molar-refractivity contribution in [2.75, 3.05) is 19.3 Å². The number of nitrogens with one attached hydrogen (secondary N) is 1. The lowest BCUT2D eigenvalue weighted by atomic mass is 9.96. The zero-order chi connectivity index (χ0) is 15.5. The van der Waals surface area contributed by atoms with Crippen molar-refractivity contribution in [2.24, 2.45) is 0 Å². The number of aromatic nitrogens is 2. The number of hydrogen-bond acceptors (Lipinski definition) is 3. The second-order valence-corrected chi connectivity index (χ2v) is 7.32. The third-order valence-corrected chi connectivity index (χ3v) is 5.48. The van der Waals surface area contributed by atoms with Crippen molar-refractivity contribution < 1.29 is 4.79 Å². The van der Waals surface area contributed by atoms with Crippen LogP contribution in [0.5, 0.6) is 0 Å². The second-order valence-electron chi connectivity index (χ2n) is 6.04. The lowest BCUT2D eigenvalue weighted by Gasteiger charge is -2.31. The van der Waals surface area contributed by atoms with Gasteiger partial charge in [-0.25, -0.2) is 4.98 Å². The van der Waals surface area contributed by atoms with Crippen molar-refractivity contribution in [3.05, 3.63) is 30.1 Å². The van der Waals surface area contributed by atoms with Crippen LogP contribution in [0.1, 0.15) is 37.9 Å². The fourth-order valence-electron chi connectivity index (χ4n) is 3.03. The molecule has 1 atom stereocenters. The van der Waals surface area contributed by atoms with Gasteiger partial charge in [0.05, 0.1) is 11.0 Å². The summed E-state index contributed by atoms with van der Waals surface area (Å²) in [6.07, 6.45) is 4.71. The van der Waals surface area contributed by atoms with Crippen molar-refractivity contribution in [1.82, 2.24) is 14.9 Å². The molecule has 0 spiro atoms. The highest BCUT2D eigenvalue weighted by Gasteiger charge is 2.26. The number of imidazole rings is 1. The van der Waals surface area contributed by atoms with Crippen LogP contribution < -0.4 is 0 Å². The number of piperidine rings is 1. The summed E-state index contributed by atoms with van der Waals surface area (Å²) in [5.41, 5.74) is 2.13. The number of amides is 1. The van der Waals surface area contributed by atoms with E-state index < -0.39 is 0 Å². The van der Waals surface area contributed by atoms with Crippen LogP contribution in [-0.2, 0) is 4.79 Å². The quantitative estimate of drug-likeness (QED) is 0.940. The molecular weight excluding hydrogens is 294 g/mol. The molecule has 1 N–H and O–H groups in total. The van der Waals surface area contributed by atoms with E-state index in [0.29, 0.717) is 23.5 Å². The maximum absolute atomic E-state index is 12.2. The predicted molar refractivity (Wildman–Crippen MR) is 92.2 cm³/mol. The van der Waals surface area contributed by atoms with Crippen LogP contribution in [-0.4, -0.2) is 45.4 Å². The monoisotopic (exact) mass is 317 g/mol. The first-order chi connectivity index (χ1) is 10.7. The average Bonchev–Trinajstić information content (AvgIpc) is 2.98. The Labute approximate surface area is 135 Å². The summed E-state index contributed by atoms with van der Waals surface area (Å²) in [4.78, 5) is 22.4. The van der Waals surface area contributed by atoms with Crippen molar-refractivity contribution in [3.8, 4) is 0 Å². The van der Waals surface area contributed by atoms with Gasteiger partial charge in [-0.1, -0.05) is 19.1 Å². The minimum atomic E-state index is 0.296. The van der Waals surface area contributed by atoms with Gasteiger partial charge in [0.2, 0.25) is 5.91 Å². The molecule has 2 aromatic rings. The van der Waals surface area contributed by atoms with Gasteiger partial charge in [-0.3, -0.25) is 4.79 Å². The Kier molecular flexibility index (Phi) is 4.71. The number of likely N-dealkylation sites (tertiary alicyclic amines) is 1. The van der Waals surface area contributed by atoms with E-state index in [9.17, 15) is 4.79 Å². The number of fused-ring (bicyclic) bond motifs is 1. The van der Waals surface area contributed by atoms with Crippen molar-refractivity contribution in [3.63, 3.8) is 0 Å². The minimum absolute atomic E-state index is 0.296.